The van der Waals surface area contributed by atoms with Gasteiger partial charge in [-0.05, 0) is 17.7 Å². The monoisotopic (exact) mass is 281 g/mol. The molecule has 0 aliphatic rings. The molecule has 2 aromatic rings. The highest BCUT2D eigenvalue weighted by Gasteiger charge is 2.32. The summed E-state index contributed by atoms with van der Waals surface area (Å²) in [4.78, 5) is 0. The van der Waals surface area contributed by atoms with Crippen molar-refractivity contribution < 1.29 is 18.3 Å². The van der Waals surface area contributed by atoms with Gasteiger partial charge in [-0.2, -0.15) is 13.2 Å². The first kappa shape index (κ1) is 14.4. The lowest BCUT2D eigenvalue weighted by atomic mass is 10.1. The predicted molar refractivity (Wildman–Crippen MR) is 70.1 cm³/mol. The van der Waals surface area contributed by atoms with Crippen LogP contribution in [-0.4, -0.2) is 5.11 Å². The van der Waals surface area contributed by atoms with E-state index >= 15 is 0 Å². The van der Waals surface area contributed by atoms with Crippen molar-refractivity contribution in [3.63, 3.8) is 0 Å². The van der Waals surface area contributed by atoms with Gasteiger partial charge < -0.3 is 10.4 Å². The molecule has 2 aromatic carbocycles. The zero-order valence-electron chi connectivity index (χ0n) is 10.6. The van der Waals surface area contributed by atoms with Crippen LogP contribution in [0.3, 0.4) is 0 Å². The van der Waals surface area contributed by atoms with Gasteiger partial charge in [0.15, 0.2) is 0 Å². The van der Waals surface area contributed by atoms with Gasteiger partial charge in [-0.15, -0.1) is 0 Å². The van der Waals surface area contributed by atoms with Gasteiger partial charge in [-0.25, -0.2) is 0 Å². The molecule has 0 saturated heterocycles. The summed E-state index contributed by atoms with van der Waals surface area (Å²) in [6.07, 6.45) is -4.35. The first-order valence-corrected chi connectivity index (χ1v) is 6.11. The summed E-state index contributed by atoms with van der Waals surface area (Å²) in [6, 6.07) is 12.2. The maximum absolute atomic E-state index is 12.8. The number of para-hydroxylation sites is 1. The Balaban J connectivity index is 2.04. The molecule has 0 aromatic heterocycles. The number of rotatable bonds is 4. The fourth-order valence-electron chi connectivity index (χ4n) is 1.94. The quantitative estimate of drug-likeness (QED) is 0.895. The minimum Gasteiger partial charge on any atom is -0.508 e. The molecule has 0 saturated carbocycles. The molecule has 2 rings (SSSR count). The van der Waals surface area contributed by atoms with Crippen molar-refractivity contribution >= 4 is 0 Å². The first-order valence-electron chi connectivity index (χ1n) is 6.11. The molecule has 20 heavy (non-hydrogen) atoms. The number of benzene rings is 2. The molecule has 0 amide bonds. The van der Waals surface area contributed by atoms with E-state index in [2.05, 4.69) is 5.32 Å². The van der Waals surface area contributed by atoms with Crippen LogP contribution in [0.15, 0.2) is 48.5 Å². The van der Waals surface area contributed by atoms with Gasteiger partial charge >= 0.3 is 6.18 Å². The van der Waals surface area contributed by atoms with E-state index in [1.807, 2.05) is 0 Å². The van der Waals surface area contributed by atoms with Crippen molar-refractivity contribution in [1.29, 1.82) is 0 Å². The number of phenolic OH excluding ortho intramolecular Hbond substituents is 1. The second-order valence-electron chi connectivity index (χ2n) is 4.39. The number of hydrogen-bond acceptors (Lipinski definition) is 2. The molecule has 0 aliphatic heterocycles. The van der Waals surface area contributed by atoms with Gasteiger partial charge in [-0.1, -0.05) is 36.4 Å². The van der Waals surface area contributed by atoms with Crippen LogP contribution in [0.5, 0.6) is 5.75 Å². The van der Waals surface area contributed by atoms with E-state index in [1.54, 1.807) is 30.3 Å². The lowest BCUT2D eigenvalue weighted by Crippen LogP contribution is -2.17. The van der Waals surface area contributed by atoms with Gasteiger partial charge in [0.2, 0.25) is 0 Å². The van der Waals surface area contributed by atoms with E-state index in [9.17, 15) is 18.3 Å². The summed E-state index contributed by atoms with van der Waals surface area (Å²) < 4.78 is 38.4. The molecular weight excluding hydrogens is 267 g/mol. The number of nitrogens with one attached hydrogen (secondary N) is 1. The van der Waals surface area contributed by atoms with E-state index in [4.69, 9.17) is 0 Å². The number of aromatic hydroxyl groups is 1. The third kappa shape index (κ3) is 3.51. The molecule has 0 aliphatic carbocycles. The molecule has 0 heterocycles. The Kier molecular flexibility index (Phi) is 4.29. The zero-order valence-corrected chi connectivity index (χ0v) is 10.6. The largest absolute Gasteiger partial charge is 0.508 e. The van der Waals surface area contributed by atoms with Crippen LogP contribution in [0.4, 0.5) is 13.2 Å². The average Bonchev–Trinajstić information content (AvgIpc) is 2.40. The highest BCUT2D eigenvalue weighted by atomic mass is 19.4. The van der Waals surface area contributed by atoms with E-state index in [0.717, 1.165) is 6.07 Å². The summed E-state index contributed by atoms with van der Waals surface area (Å²) in [7, 11) is 0. The van der Waals surface area contributed by atoms with Crippen molar-refractivity contribution in [1.82, 2.24) is 5.32 Å². The summed E-state index contributed by atoms with van der Waals surface area (Å²) in [5.41, 5.74) is 0.206. The SMILES string of the molecule is Oc1ccccc1CNCc1ccccc1C(F)(F)F. The van der Waals surface area contributed by atoms with Gasteiger partial charge in [-0.3, -0.25) is 0 Å². The zero-order chi connectivity index (χ0) is 14.6. The van der Waals surface area contributed by atoms with Crippen molar-refractivity contribution in [3.05, 3.63) is 65.2 Å². The molecule has 0 fully saturated rings. The Labute approximate surface area is 114 Å². The highest BCUT2D eigenvalue weighted by Crippen LogP contribution is 2.31. The van der Waals surface area contributed by atoms with E-state index in [-0.39, 0.29) is 17.9 Å². The highest BCUT2D eigenvalue weighted by molar-refractivity contribution is 5.32. The lowest BCUT2D eigenvalue weighted by molar-refractivity contribution is -0.138. The van der Waals surface area contributed by atoms with E-state index in [0.29, 0.717) is 12.1 Å². The van der Waals surface area contributed by atoms with E-state index in [1.165, 1.54) is 12.1 Å². The molecule has 2 nitrogen and oxygen atoms in total. The smallest absolute Gasteiger partial charge is 0.416 e. The Morgan fingerprint density at radius 3 is 2.05 bits per heavy atom. The number of halogens is 3. The minimum absolute atomic E-state index is 0.0873. The summed E-state index contributed by atoms with van der Waals surface area (Å²) in [5, 5.41) is 12.5. The molecule has 0 unspecified atom stereocenters. The molecule has 0 bridgehead atoms. The maximum atomic E-state index is 12.8. The minimum atomic E-state index is -4.35. The van der Waals surface area contributed by atoms with Gasteiger partial charge in [0, 0.05) is 18.7 Å². The summed E-state index contributed by atoms with van der Waals surface area (Å²) in [5.74, 6) is 0.129. The average molecular weight is 281 g/mol. The number of phenols is 1. The van der Waals surface area contributed by atoms with E-state index < -0.39 is 11.7 Å². The van der Waals surface area contributed by atoms with Crippen molar-refractivity contribution in [2.75, 3.05) is 0 Å². The van der Waals surface area contributed by atoms with Crippen LogP contribution in [0.25, 0.3) is 0 Å². The number of hydrogen-bond donors (Lipinski definition) is 2. The molecule has 106 valence electrons. The van der Waals surface area contributed by atoms with Crippen LogP contribution in [0.1, 0.15) is 16.7 Å². The van der Waals surface area contributed by atoms with Crippen molar-refractivity contribution in [2.24, 2.45) is 0 Å². The fourth-order valence-corrected chi connectivity index (χ4v) is 1.94. The molecular formula is C15H14F3NO. The van der Waals surface area contributed by atoms with Gasteiger partial charge in [0.1, 0.15) is 5.75 Å². The van der Waals surface area contributed by atoms with Crippen LogP contribution >= 0.6 is 0 Å². The van der Waals surface area contributed by atoms with Crippen LogP contribution < -0.4 is 5.32 Å². The third-order valence-corrected chi connectivity index (χ3v) is 2.95. The summed E-state index contributed by atoms with van der Waals surface area (Å²) >= 11 is 0. The molecule has 0 radical (unpaired) electrons. The van der Waals surface area contributed by atoms with Gasteiger partial charge in [0.05, 0.1) is 5.56 Å². The first-order chi connectivity index (χ1) is 9.48. The Bertz CT molecular complexity index is 581. The lowest BCUT2D eigenvalue weighted by Gasteiger charge is -2.13. The van der Waals surface area contributed by atoms with Crippen molar-refractivity contribution in [3.8, 4) is 5.75 Å². The summed E-state index contributed by atoms with van der Waals surface area (Å²) in [6.45, 7) is 0.392. The third-order valence-electron chi connectivity index (χ3n) is 2.95. The molecule has 2 N–H and O–H groups in total. The van der Waals surface area contributed by atoms with Crippen molar-refractivity contribution in [2.45, 2.75) is 19.3 Å². The van der Waals surface area contributed by atoms with Crippen LogP contribution in [0.2, 0.25) is 0 Å². The maximum Gasteiger partial charge on any atom is 0.416 e. The second-order valence-corrected chi connectivity index (χ2v) is 4.39. The molecule has 0 atom stereocenters. The fraction of sp³-hybridized carbons (Fsp3) is 0.200. The Hall–Kier alpha value is -2.01. The topological polar surface area (TPSA) is 32.3 Å². The van der Waals surface area contributed by atoms with Crippen LogP contribution in [-0.2, 0) is 19.3 Å². The van der Waals surface area contributed by atoms with Crippen LogP contribution in [0, 0.1) is 0 Å². The predicted octanol–water partition coefficient (Wildman–Crippen LogP) is 3.70. The number of alkyl halides is 3. The molecule has 5 heteroatoms. The van der Waals surface area contributed by atoms with Gasteiger partial charge in [0.25, 0.3) is 0 Å². The second kappa shape index (κ2) is 5.96. The Morgan fingerprint density at radius 2 is 1.40 bits per heavy atom. The normalized spacial score (nSPS) is 11.6. The standard InChI is InChI=1S/C15H14F3NO/c16-15(17,18)13-7-3-1-5-11(13)9-19-10-12-6-2-4-8-14(12)20/h1-8,19-20H,9-10H2. The molecule has 0 spiro atoms. The Morgan fingerprint density at radius 1 is 0.850 bits per heavy atom.